The highest BCUT2D eigenvalue weighted by Crippen LogP contribution is 2.34. The van der Waals surface area contributed by atoms with E-state index in [1.165, 1.54) is 14.2 Å². The molecule has 1 N–H and O–H groups in total. The molecule has 0 bridgehead atoms. The summed E-state index contributed by atoms with van der Waals surface area (Å²) in [5.74, 6) is 0. The summed E-state index contributed by atoms with van der Waals surface area (Å²) in [4.78, 5) is 1.39. The molecular formula is C13H22BrNOS. The number of ether oxygens (including phenoxy) is 1. The minimum Gasteiger partial charge on any atom is -0.379 e. The number of aryl methyl sites for hydroxylation is 1. The second-order valence-electron chi connectivity index (χ2n) is 4.95. The Balaban J connectivity index is 2.66. The molecule has 0 aliphatic carbocycles. The Labute approximate surface area is 117 Å². The largest absolute Gasteiger partial charge is 0.379 e. The van der Waals surface area contributed by atoms with Gasteiger partial charge in [-0.2, -0.15) is 0 Å². The normalized spacial score (nSPS) is 14.0. The van der Waals surface area contributed by atoms with Crippen molar-refractivity contribution in [3.8, 4) is 0 Å². The molecule has 0 saturated carbocycles. The molecule has 2 nitrogen and oxygen atoms in total. The molecule has 17 heavy (non-hydrogen) atoms. The zero-order chi connectivity index (χ0) is 13.1. The lowest BCUT2D eigenvalue weighted by Gasteiger charge is -2.25. The van der Waals surface area contributed by atoms with Gasteiger partial charge in [0, 0.05) is 18.0 Å². The third kappa shape index (κ3) is 4.36. The first-order valence-electron chi connectivity index (χ1n) is 5.88. The second kappa shape index (κ2) is 6.32. The van der Waals surface area contributed by atoms with Gasteiger partial charge in [0.25, 0.3) is 0 Å². The van der Waals surface area contributed by atoms with Gasteiger partial charge in [-0.1, -0.05) is 0 Å². The lowest BCUT2D eigenvalue weighted by molar-refractivity contribution is 0.0119. The van der Waals surface area contributed by atoms with Crippen molar-refractivity contribution in [3.05, 3.63) is 20.3 Å². The number of methoxy groups -OCH3 is 1. The van der Waals surface area contributed by atoms with Gasteiger partial charge in [0.1, 0.15) is 0 Å². The van der Waals surface area contributed by atoms with E-state index < -0.39 is 0 Å². The molecule has 0 aliphatic heterocycles. The molecule has 1 heterocycles. The second-order valence-corrected chi connectivity index (χ2v) is 7.35. The van der Waals surface area contributed by atoms with E-state index in [1.54, 1.807) is 7.11 Å². The molecule has 0 aliphatic rings. The van der Waals surface area contributed by atoms with Crippen LogP contribution in [0, 0.1) is 6.92 Å². The Hall–Kier alpha value is 0.1000. The van der Waals surface area contributed by atoms with Crippen LogP contribution < -0.4 is 5.32 Å². The highest BCUT2D eigenvalue weighted by molar-refractivity contribution is 9.11. The highest BCUT2D eigenvalue weighted by atomic mass is 79.9. The van der Waals surface area contributed by atoms with Crippen LogP contribution in [0.2, 0.25) is 0 Å². The average molecular weight is 320 g/mol. The van der Waals surface area contributed by atoms with Crippen LogP contribution in [0.4, 0.5) is 0 Å². The van der Waals surface area contributed by atoms with Crippen LogP contribution in [0.1, 0.15) is 43.2 Å². The van der Waals surface area contributed by atoms with Crippen LogP contribution in [0.25, 0.3) is 0 Å². The summed E-state index contributed by atoms with van der Waals surface area (Å²) in [6.07, 6.45) is 2.13. The first-order valence-corrected chi connectivity index (χ1v) is 7.49. The lowest BCUT2D eigenvalue weighted by Crippen LogP contribution is -2.25. The fourth-order valence-corrected chi connectivity index (χ4v) is 3.39. The Morgan fingerprint density at radius 3 is 2.59 bits per heavy atom. The molecule has 1 rings (SSSR count). The molecule has 1 unspecified atom stereocenters. The number of hydrogen-bond donors (Lipinski definition) is 1. The fourth-order valence-electron chi connectivity index (χ4n) is 1.68. The lowest BCUT2D eigenvalue weighted by atomic mass is 9.98. The van der Waals surface area contributed by atoms with E-state index in [9.17, 15) is 0 Å². The van der Waals surface area contributed by atoms with Crippen molar-refractivity contribution in [2.75, 3.05) is 14.2 Å². The monoisotopic (exact) mass is 319 g/mol. The maximum atomic E-state index is 5.46. The van der Waals surface area contributed by atoms with Crippen molar-refractivity contribution in [1.82, 2.24) is 5.32 Å². The summed E-state index contributed by atoms with van der Waals surface area (Å²) < 4.78 is 6.70. The van der Waals surface area contributed by atoms with Crippen LogP contribution in [0.15, 0.2) is 9.85 Å². The Kier molecular flexibility index (Phi) is 5.64. The van der Waals surface area contributed by atoms with Gasteiger partial charge >= 0.3 is 0 Å². The van der Waals surface area contributed by atoms with Crippen molar-refractivity contribution in [2.45, 2.75) is 45.3 Å². The number of thiophene rings is 1. The molecule has 0 radical (unpaired) electrons. The van der Waals surface area contributed by atoms with E-state index in [0.717, 1.165) is 12.8 Å². The van der Waals surface area contributed by atoms with E-state index in [1.807, 2.05) is 18.4 Å². The van der Waals surface area contributed by atoms with Crippen LogP contribution in [-0.4, -0.2) is 19.8 Å². The van der Waals surface area contributed by atoms with Gasteiger partial charge in [-0.05, 0) is 68.2 Å². The van der Waals surface area contributed by atoms with Gasteiger partial charge in [0.2, 0.25) is 0 Å². The summed E-state index contributed by atoms with van der Waals surface area (Å²) in [6, 6.07) is 2.68. The SMILES string of the molecule is CNC(CCC(C)(C)OC)c1cc(C)c(Br)s1. The maximum Gasteiger partial charge on any atom is 0.0731 e. The van der Waals surface area contributed by atoms with Crippen LogP contribution in [-0.2, 0) is 4.74 Å². The molecule has 0 spiro atoms. The minimum absolute atomic E-state index is 0.0430. The van der Waals surface area contributed by atoms with Gasteiger partial charge < -0.3 is 10.1 Å². The summed E-state index contributed by atoms with van der Waals surface area (Å²) in [5.41, 5.74) is 1.27. The zero-order valence-corrected chi connectivity index (χ0v) is 13.7. The molecule has 1 atom stereocenters. The van der Waals surface area contributed by atoms with Crippen LogP contribution in [0.3, 0.4) is 0 Å². The number of nitrogens with one attached hydrogen (secondary N) is 1. The standard InChI is InChI=1S/C13H22BrNOS/c1-9-8-11(17-12(9)14)10(15-4)6-7-13(2,3)16-5/h8,10,15H,6-7H2,1-5H3. The predicted octanol–water partition coefficient (Wildman–Crippen LogP) is 4.28. The highest BCUT2D eigenvalue weighted by Gasteiger charge is 2.20. The third-order valence-corrected chi connectivity index (χ3v) is 5.41. The van der Waals surface area contributed by atoms with E-state index in [2.05, 4.69) is 48.1 Å². The Morgan fingerprint density at radius 1 is 1.53 bits per heavy atom. The topological polar surface area (TPSA) is 21.3 Å². The molecule has 0 saturated heterocycles. The van der Waals surface area contributed by atoms with E-state index in [4.69, 9.17) is 4.74 Å². The van der Waals surface area contributed by atoms with Gasteiger partial charge in [0.15, 0.2) is 0 Å². The molecule has 1 aromatic rings. The van der Waals surface area contributed by atoms with Gasteiger partial charge in [-0.15, -0.1) is 11.3 Å². The fraction of sp³-hybridized carbons (Fsp3) is 0.692. The molecule has 4 heteroatoms. The van der Waals surface area contributed by atoms with Gasteiger partial charge in [-0.3, -0.25) is 0 Å². The van der Waals surface area contributed by atoms with Crippen LogP contribution >= 0.6 is 27.3 Å². The Bertz CT molecular complexity index is 343. The Morgan fingerprint density at radius 2 is 2.18 bits per heavy atom. The van der Waals surface area contributed by atoms with Crippen molar-refractivity contribution in [2.24, 2.45) is 0 Å². The van der Waals surface area contributed by atoms with Crippen molar-refractivity contribution < 1.29 is 4.74 Å². The van der Waals surface area contributed by atoms with E-state index in [-0.39, 0.29) is 5.60 Å². The van der Waals surface area contributed by atoms with Crippen molar-refractivity contribution in [3.63, 3.8) is 0 Å². The molecule has 0 amide bonds. The summed E-state index contributed by atoms with van der Waals surface area (Å²) in [6.45, 7) is 6.40. The summed E-state index contributed by atoms with van der Waals surface area (Å²) >= 11 is 5.40. The number of halogens is 1. The molecule has 0 aromatic carbocycles. The summed E-state index contributed by atoms with van der Waals surface area (Å²) in [5, 5.41) is 3.39. The smallest absolute Gasteiger partial charge is 0.0731 e. The maximum absolute atomic E-state index is 5.46. The molecular weight excluding hydrogens is 298 g/mol. The molecule has 0 fully saturated rings. The van der Waals surface area contributed by atoms with Crippen LogP contribution in [0.5, 0.6) is 0 Å². The van der Waals surface area contributed by atoms with E-state index in [0.29, 0.717) is 6.04 Å². The quantitative estimate of drug-likeness (QED) is 0.844. The molecule has 1 aromatic heterocycles. The number of hydrogen-bond acceptors (Lipinski definition) is 3. The first-order chi connectivity index (χ1) is 7.89. The minimum atomic E-state index is -0.0430. The molecule has 98 valence electrons. The van der Waals surface area contributed by atoms with Gasteiger partial charge in [0.05, 0.1) is 9.39 Å². The van der Waals surface area contributed by atoms with Gasteiger partial charge in [-0.25, -0.2) is 0 Å². The predicted molar refractivity (Wildman–Crippen MR) is 78.9 cm³/mol. The van der Waals surface area contributed by atoms with E-state index >= 15 is 0 Å². The zero-order valence-electron chi connectivity index (χ0n) is 11.3. The third-order valence-electron chi connectivity index (χ3n) is 3.16. The van der Waals surface area contributed by atoms with Crippen molar-refractivity contribution in [1.29, 1.82) is 0 Å². The first kappa shape index (κ1) is 15.2. The average Bonchev–Trinajstić information content (AvgIpc) is 2.60. The number of rotatable bonds is 6. The summed E-state index contributed by atoms with van der Waals surface area (Å²) in [7, 11) is 3.80. The van der Waals surface area contributed by atoms with Crippen molar-refractivity contribution >= 4 is 27.3 Å².